The second kappa shape index (κ2) is 7.84. The zero-order valence-corrected chi connectivity index (χ0v) is 16.3. The molecule has 3 rings (SSSR count). The molecule has 25 heavy (non-hydrogen) atoms. The lowest BCUT2D eigenvalue weighted by molar-refractivity contribution is 0.666. The number of thioether (sulfide) groups is 1. The molecule has 1 N–H and O–H groups in total. The van der Waals surface area contributed by atoms with Crippen LogP contribution in [0.4, 0.5) is 11.5 Å². The number of halogens is 1. The first kappa shape index (κ1) is 17.7. The number of aryl methyl sites for hydroxylation is 1. The van der Waals surface area contributed by atoms with Crippen molar-refractivity contribution in [1.82, 2.24) is 14.8 Å². The van der Waals surface area contributed by atoms with Crippen molar-refractivity contribution in [3.05, 3.63) is 74.5 Å². The number of hydrogen-bond acceptors (Lipinski definition) is 5. The minimum absolute atomic E-state index is 0.200. The summed E-state index contributed by atoms with van der Waals surface area (Å²) in [6.07, 6.45) is 0. The van der Waals surface area contributed by atoms with E-state index in [1.807, 2.05) is 55.5 Å². The molecule has 0 saturated heterocycles. The molecule has 2 aromatic carbocycles. The van der Waals surface area contributed by atoms with Crippen molar-refractivity contribution >= 4 is 39.2 Å². The van der Waals surface area contributed by atoms with Gasteiger partial charge in [0.25, 0.3) is 5.56 Å². The molecule has 7 heteroatoms. The first-order valence-corrected chi connectivity index (χ1v) is 9.45. The van der Waals surface area contributed by atoms with Crippen molar-refractivity contribution < 1.29 is 0 Å². The van der Waals surface area contributed by atoms with E-state index in [1.165, 1.54) is 16.3 Å². The molecule has 0 unspecified atom stereocenters. The topological polar surface area (TPSA) is 59.8 Å². The predicted octanol–water partition coefficient (Wildman–Crippen LogP) is 4.28. The molecule has 5 nitrogen and oxygen atoms in total. The molecule has 0 atom stereocenters. The molecule has 0 aliphatic carbocycles. The number of rotatable bonds is 5. The molecule has 0 aliphatic rings. The van der Waals surface area contributed by atoms with Gasteiger partial charge in [0.15, 0.2) is 5.16 Å². The monoisotopic (exact) mass is 416 g/mol. The van der Waals surface area contributed by atoms with Crippen molar-refractivity contribution in [3.8, 4) is 0 Å². The highest BCUT2D eigenvalue weighted by Gasteiger charge is 2.10. The van der Waals surface area contributed by atoms with Gasteiger partial charge < -0.3 is 5.32 Å². The molecule has 1 aromatic heterocycles. The van der Waals surface area contributed by atoms with Crippen molar-refractivity contribution in [2.75, 3.05) is 5.32 Å². The summed E-state index contributed by atoms with van der Waals surface area (Å²) in [7, 11) is 1.71. The van der Waals surface area contributed by atoms with Gasteiger partial charge in [-0.05, 0) is 36.8 Å². The summed E-state index contributed by atoms with van der Waals surface area (Å²) in [5.41, 5.74) is 2.93. The zero-order valence-electron chi connectivity index (χ0n) is 13.9. The quantitative estimate of drug-likeness (QED) is 0.628. The lowest BCUT2D eigenvalue weighted by atomic mass is 10.2. The summed E-state index contributed by atoms with van der Waals surface area (Å²) in [4.78, 5) is 12.5. The smallest absolute Gasteiger partial charge is 0.297 e. The van der Waals surface area contributed by atoms with Crippen LogP contribution >= 0.6 is 27.7 Å². The zero-order chi connectivity index (χ0) is 17.8. The SMILES string of the molecule is Cc1ccc(Nc2nnc(SCc3ccc(Br)cc3)n(C)c2=O)cc1. The molecule has 0 radical (unpaired) electrons. The third-order valence-corrected chi connectivity index (χ3v) is 5.25. The third kappa shape index (κ3) is 4.49. The molecule has 128 valence electrons. The maximum absolute atomic E-state index is 12.5. The van der Waals surface area contributed by atoms with Gasteiger partial charge in [-0.1, -0.05) is 57.5 Å². The predicted molar refractivity (Wildman–Crippen MR) is 105 cm³/mol. The molecule has 0 bridgehead atoms. The molecular formula is C18H17BrN4OS. The van der Waals surface area contributed by atoms with Gasteiger partial charge in [0.1, 0.15) is 0 Å². The molecule has 0 saturated carbocycles. The van der Waals surface area contributed by atoms with E-state index in [9.17, 15) is 4.79 Å². The van der Waals surface area contributed by atoms with Gasteiger partial charge in [-0.3, -0.25) is 9.36 Å². The largest absolute Gasteiger partial charge is 0.334 e. The molecule has 0 fully saturated rings. The Balaban J connectivity index is 1.74. The molecule has 0 amide bonds. The molecule has 3 aromatic rings. The Morgan fingerprint density at radius 1 is 1.08 bits per heavy atom. The maximum atomic E-state index is 12.5. The molecule has 0 aliphatic heterocycles. The Hall–Kier alpha value is -2.12. The van der Waals surface area contributed by atoms with Crippen LogP contribution in [0.5, 0.6) is 0 Å². The van der Waals surface area contributed by atoms with E-state index in [4.69, 9.17) is 0 Å². The van der Waals surface area contributed by atoms with Gasteiger partial charge in [-0.25, -0.2) is 0 Å². The Kier molecular flexibility index (Phi) is 5.55. The molecule has 1 heterocycles. The third-order valence-electron chi connectivity index (χ3n) is 3.63. The Morgan fingerprint density at radius 2 is 1.76 bits per heavy atom. The minimum Gasteiger partial charge on any atom is -0.334 e. The fraction of sp³-hybridized carbons (Fsp3) is 0.167. The number of nitrogens with zero attached hydrogens (tertiary/aromatic N) is 3. The second-order valence-corrected chi connectivity index (χ2v) is 7.46. The average molecular weight is 417 g/mol. The van der Waals surface area contributed by atoms with Gasteiger partial charge in [-0.15, -0.1) is 10.2 Å². The average Bonchev–Trinajstić information content (AvgIpc) is 2.61. The van der Waals surface area contributed by atoms with Gasteiger partial charge in [0.2, 0.25) is 5.82 Å². The summed E-state index contributed by atoms with van der Waals surface area (Å²) < 4.78 is 2.56. The van der Waals surface area contributed by atoms with Crippen LogP contribution in [-0.2, 0) is 12.8 Å². The van der Waals surface area contributed by atoms with Crippen molar-refractivity contribution in [3.63, 3.8) is 0 Å². The highest BCUT2D eigenvalue weighted by molar-refractivity contribution is 9.10. The van der Waals surface area contributed by atoms with Crippen molar-refractivity contribution in [1.29, 1.82) is 0 Å². The Morgan fingerprint density at radius 3 is 2.44 bits per heavy atom. The van der Waals surface area contributed by atoms with Crippen LogP contribution in [0.15, 0.2) is 63.0 Å². The van der Waals surface area contributed by atoms with Crippen LogP contribution < -0.4 is 10.9 Å². The normalized spacial score (nSPS) is 10.7. The maximum Gasteiger partial charge on any atom is 0.297 e. The number of nitrogens with one attached hydrogen (secondary N) is 1. The fourth-order valence-corrected chi connectivity index (χ4v) is 3.28. The summed E-state index contributed by atoms with van der Waals surface area (Å²) in [6, 6.07) is 15.8. The van der Waals surface area contributed by atoms with Crippen LogP contribution in [0.2, 0.25) is 0 Å². The highest BCUT2D eigenvalue weighted by Crippen LogP contribution is 2.21. The van der Waals surface area contributed by atoms with Crippen LogP contribution in [-0.4, -0.2) is 14.8 Å². The highest BCUT2D eigenvalue weighted by atomic mass is 79.9. The van der Waals surface area contributed by atoms with Gasteiger partial charge in [-0.2, -0.15) is 0 Å². The van der Waals surface area contributed by atoms with E-state index in [1.54, 1.807) is 7.05 Å². The summed E-state index contributed by atoms with van der Waals surface area (Å²) >= 11 is 4.90. The summed E-state index contributed by atoms with van der Waals surface area (Å²) in [5.74, 6) is 0.944. The van der Waals surface area contributed by atoms with E-state index < -0.39 is 0 Å². The Bertz CT molecular complexity index is 923. The van der Waals surface area contributed by atoms with Crippen molar-refractivity contribution in [2.45, 2.75) is 17.8 Å². The van der Waals surface area contributed by atoms with Crippen LogP contribution in [0.1, 0.15) is 11.1 Å². The summed E-state index contributed by atoms with van der Waals surface area (Å²) in [5, 5.41) is 11.9. The first-order valence-electron chi connectivity index (χ1n) is 7.67. The van der Waals surface area contributed by atoms with E-state index in [2.05, 4.69) is 31.4 Å². The fourth-order valence-electron chi connectivity index (χ4n) is 2.15. The number of anilines is 2. The van der Waals surface area contributed by atoms with Crippen LogP contribution in [0.25, 0.3) is 0 Å². The summed E-state index contributed by atoms with van der Waals surface area (Å²) in [6.45, 7) is 2.01. The van der Waals surface area contributed by atoms with Crippen molar-refractivity contribution in [2.24, 2.45) is 7.05 Å². The minimum atomic E-state index is -0.200. The molecular weight excluding hydrogens is 400 g/mol. The molecule has 0 spiro atoms. The lowest BCUT2D eigenvalue weighted by Crippen LogP contribution is -2.24. The van der Waals surface area contributed by atoms with E-state index in [0.717, 1.165) is 27.0 Å². The van der Waals surface area contributed by atoms with E-state index in [-0.39, 0.29) is 11.4 Å². The standard InChI is InChI=1S/C18H17BrN4OS/c1-12-3-9-15(10-4-12)20-16-17(24)23(2)18(22-21-16)25-11-13-5-7-14(19)8-6-13/h3-10H,11H2,1-2H3,(H,20,21). The van der Waals surface area contributed by atoms with Crippen LogP contribution in [0, 0.1) is 6.92 Å². The number of hydrogen-bond donors (Lipinski definition) is 1. The van der Waals surface area contributed by atoms with E-state index >= 15 is 0 Å². The van der Waals surface area contributed by atoms with Gasteiger partial charge in [0.05, 0.1) is 0 Å². The lowest BCUT2D eigenvalue weighted by Gasteiger charge is -2.09. The number of aromatic nitrogens is 3. The van der Waals surface area contributed by atoms with Gasteiger partial charge in [0, 0.05) is 23.0 Å². The van der Waals surface area contributed by atoms with Crippen LogP contribution in [0.3, 0.4) is 0 Å². The Labute approximate surface area is 158 Å². The van der Waals surface area contributed by atoms with E-state index in [0.29, 0.717) is 5.16 Å². The van der Waals surface area contributed by atoms with Gasteiger partial charge >= 0.3 is 0 Å². The second-order valence-electron chi connectivity index (χ2n) is 5.60. The number of benzene rings is 2. The first-order chi connectivity index (χ1) is 12.0.